The van der Waals surface area contributed by atoms with E-state index in [0.29, 0.717) is 40.4 Å². The fraction of sp³-hybridized carbons (Fsp3) is 0.800. The molecule has 4 bridgehead atoms. The van der Waals surface area contributed by atoms with Gasteiger partial charge < -0.3 is 24.8 Å². The highest BCUT2D eigenvalue weighted by atomic mass is 35.5. The van der Waals surface area contributed by atoms with Gasteiger partial charge in [-0.1, -0.05) is 13.8 Å². The van der Waals surface area contributed by atoms with Crippen LogP contribution in [0.5, 0.6) is 0 Å². The molecule has 7 rings (SSSR count). The number of hydrogen-bond donors (Lipinski definition) is 3. The molecule has 2 aromatic heterocycles. The Morgan fingerprint density at radius 3 is 2.47 bits per heavy atom. The van der Waals surface area contributed by atoms with Crippen LogP contribution in [0.15, 0.2) is 6.33 Å². The Kier molecular flexibility index (Phi) is 5.65. The van der Waals surface area contributed by atoms with Crippen LogP contribution in [0.4, 0.5) is 5.82 Å². The number of nitrogens with zero attached hydrogens (tertiary/aromatic N) is 4. The molecule has 0 radical (unpaired) electrons. The van der Waals surface area contributed by atoms with Crippen LogP contribution in [0.2, 0.25) is 5.28 Å². The largest absolute Gasteiger partial charge is 0.388 e. The zero-order valence-corrected chi connectivity index (χ0v) is 23.1. The first-order valence-electron chi connectivity index (χ1n) is 13.0. The Bertz CT molecular complexity index is 1230. The van der Waals surface area contributed by atoms with E-state index in [4.69, 9.17) is 16.3 Å². The van der Waals surface area contributed by atoms with Gasteiger partial charge in [-0.05, 0) is 86.6 Å². The lowest BCUT2D eigenvalue weighted by atomic mass is 9.43. The van der Waals surface area contributed by atoms with Crippen LogP contribution >= 0.6 is 18.7 Å². The second-order valence-corrected chi connectivity index (χ2v) is 17.3. The summed E-state index contributed by atoms with van der Waals surface area (Å²) in [5.74, 6) is 1.33. The van der Waals surface area contributed by atoms with Gasteiger partial charge in [-0.25, -0.2) is 4.98 Å². The first-order chi connectivity index (χ1) is 16.8. The van der Waals surface area contributed by atoms with Gasteiger partial charge >= 0.3 is 0 Å². The number of nitrogens with one attached hydrogen (secondary N) is 1. The van der Waals surface area contributed by atoms with Crippen LogP contribution in [0, 0.1) is 16.7 Å². The summed E-state index contributed by atoms with van der Waals surface area (Å²) in [5, 5.41) is 25.3. The Morgan fingerprint density at radius 2 is 1.83 bits per heavy atom. The third-order valence-corrected chi connectivity index (χ3v) is 10.5. The van der Waals surface area contributed by atoms with Crippen molar-refractivity contribution >= 4 is 35.7 Å². The maximum Gasteiger partial charge on any atom is 0.226 e. The van der Waals surface area contributed by atoms with Crippen LogP contribution < -0.4 is 5.32 Å². The molecule has 3 heterocycles. The molecule has 5 fully saturated rings. The fourth-order valence-electron chi connectivity index (χ4n) is 8.64. The second-order valence-electron chi connectivity index (χ2n) is 13.3. The molecule has 36 heavy (non-hydrogen) atoms. The summed E-state index contributed by atoms with van der Waals surface area (Å²) in [6.45, 7) is 8.28. The first kappa shape index (κ1) is 25.1. The van der Waals surface area contributed by atoms with E-state index in [1.807, 2.05) is 0 Å². The third kappa shape index (κ3) is 4.29. The molecule has 3 unspecified atom stereocenters. The Balaban J connectivity index is 1.31. The molecule has 0 spiro atoms. The van der Waals surface area contributed by atoms with Crippen molar-refractivity contribution in [3.63, 3.8) is 0 Å². The van der Waals surface area contributed by atoms with E-state index in [-0.39, 0.29) is 10.8 Å². The summed E-state index contributed by atoms with van der Waals surface area (Å²) in [5.41, 5.74) is 1.66. The van der Waals surface area contributed by atoms with Gasteiger partial charge in [0.2, 0.25) is 5.28 Å². The number of rotatable bonds is 6. The van der Waals surface area contributed by atoms with E-state index in [9.17, 15) is 14.8 Å². The standard InChI is InChI=1S/C25H37ClN5O4P/c1-23-7-14-8-24(2,10-23)12-25(9-14,11-23)30-19-16-20(29-22(26)28-19)31(13-27-16)21-18(33)17(32)15(35-21)5-6-36(3,4)34/h13-15,17-18,21,32-33H,5-12H2,1-4H3,(H,28,29,30)/t14?,15-,17?,18+,21-,23-,24+,25?/m1/s1. The molecule has 4 saturated carbocycles. The summed E-state index contributed by atoms with van der Waals surface area (Å²) >= 11 is 6.41. The highest BCUT2D eigenvalue weighted by molar-refractivity contribution is 7.62. The number of imidazole rings is 1. The summed E-state index contributed by atoms with van der Waals surface area (Å²) in [7, 11) is -2.27. The summed E-state index contributed by atoms with van der Waals surface area (Å²) in [4.78, 5) is 13.6. The van der Waals surface area contributed by atoms with Gasteiger partial charge in [0.25, 0.3) is 0 Å². The molecular weight excluding hydrogens is 501 g/mol. The van der Waals surface area contributed by atoms with E-state index in [1.54, 1.807) is 24.2 Å². The minimum Gasteiger partial charge on any atom is -0.388 e. The molecule has 5 aliphatic rings. The van der Waals surface area contributed by atoms with E-state index in [2.05, 4.69) is 34.1 Å². The predicted molar refractivity (Wildman–Crippen MR) is 139 cm³/mol. The number of fused-ring (bicyclic) bond motifs is 1. The molecule has 1 aliphatic heterocycles. The van der Waals surface area contributed by atoms with Crippen LogP contribution in [0.1, 0.15) is 65.0 Å². The van der Waals surface area contributed by atoms with Gasteiger partial charge in [-0.15, -0.1) is 0 Å². The average molecular weight is 538 g/mol. The van der Waals surface area contributed by atoms with Crippen molar-refractivity contribution in [3.8, 4) is 0 Å². The topological polar surface area (TPSA) is 122 Å². The maximum absolute atomic E-state index is 12.2. The molecule has 1 saturated heterocycles. The molecule has 3 N–H and O–H groups in total. The smallest absolute Gasteiger partial charge is 0.226 e. The number of aromatic nitrogens is 4. The molecule has 198 valence electrons. The van der Waals surface area contributed by atoms with E-state index in [0.717, 1.165) is 25.2 Å². The van der Waals surface area contributed by atoms with Crippen molar-refractivity contribution in [3.05, 3.63) is 11.6 Å². The highest BCUT2D eigenvalue weighted by Crippen LogP contribution is 2.67. The van der Waals surface area contributed by atoms with Crippen molar-refractivity contribution in [1.29, 1.82) is 0 Å². The van der Waals surface area contributed by atoms with Gasteiger partial charge in [0.1, 0.15) is 12.2 Å². The molecule has 2 aromatic rings. The van der Waals surface area contributed by atoms with Crippen LogP contribution in [-0.4, -0.2) is 73.1 Å². The monoisotopic (exact) mass is 537 g/mol. The Morgan fingerprint density at radius 1 is 1.14 bits per heavy atom. The number of hydrogen-bond acceptors (Lipinski definition) is 8. The minimum absolute atomic E-state index is 0.0454. The number of aliphatic hydroxyl groups is 2. The number of anilines is 1. The van der Waals surface area contributed by atoms with Crippen LogP contribution in [0.25, 0.3) is 11.2 Å². The SMILES string of the molecule is C[C@]12CC3CC(Nc4nc(Cl)nc5c4ncn5[C@@H]4O[C@H](CCP(C)(C)=O)C(O)[C@@H]4O)(C1)C[C@@](C)(C3)C2. The van der Waals surface area contributed by atoms with Gasteiger partial charge in [0, 0.05) is 11.7 Å². The summed E-state index contributed by atoms with van der Waals surface area (Å²) < 4.78 is 19.8. The predicted octanol–water partition coefficient (Wildman–Crippen LogP) is 4.27. The van der Waals surface area contributed by atoms with Crippen LogP contribution in [0.3, 0.4) is 0 Å². The minimum atomic E-state index is -2.27. The first-order valence-corrected chi connectivity index (χ1v) is 16.2. The fourth-order valence-corrected chi connectivity index (χ4v) is 9.68. The van der Waals surface area contributed by atoms with Crippen molar-refractivity contribution < 1.29 is 19.5 Å². The van der Waals surface area contributed by atoms with Crippen molar-refractivity contribution in [2.45, 2.75) is 88.9 Å². The number of halogens is 1. The van der Waals surface area contributed by atoms with E-state index in [1.165, 1.54) is 19.3 Å². The molecule has 4 aliphatic carbocycles. The summed E-state index contributed by atoms with van der Waals surface area (Å²) in [6.07, 6.45) is 5.83. The highest BCUT2D eigenvalue weighted by Gasteiger charge is 2.60. The second kappa shape index (κ2) is 8.12. The Labute approximate surface area is 216 Å². The Hall–Kier alpha value is -1.25. The van der Waals surface area contributed by atoms with Gasteiger partial charge in [-0.2, -0.15) is 9.97 Å². The zero-order chi connectivity index (χ0) is 25.7. The van der Waals surface area contributed by atoms with Crippen molar-refractivity contribution in [1.82, 2.24) is 19.5 Å². The summed E-state index contributed by atoms with van der Waals surface area (Å²) in [6, 6.07) is 0. The van der Waals surface area contributed by atoms with E-state index >= 15 is 0 Å². The van der Waals surface area contributed by atoms with E-state index < -0.39 is 31.7 Å². The zero-order valence-electron chi connectivity index (χ0n) is 21.4. The molecule has 11 heteroatoms. The average Bonchev–Trinajstić information content (AvgIpc) is 3.24. The molecule has 0 amide bonds. The molecule has 8 atom stereocenters. The van der Waals surface area contributed by atoms with Gasteiger partial charge in [0.15, 0.2) is 23.2 Å². The normalized spacial score (nSPS) is 41.9. The third-order valence-electron chi connectivity index (χ3n) is 8.97. The van der Waals surface area contributed by atoms with Gasteiger partial charge in [0.05, 0.1) is 19.6 Å². The lowest BCUT2D eigenvalue weighted by Crippen LogP contribution is -2.61. The molecule has 9 nitrogen and oxygen atoms in total. The quantitative estimate of drug-likeness (QED) is 0.369. The van der Waals surface area contributed by atoms with Crippen LogP contribution in [-0.2, 0) is 9.30 Å². The number of aliphatic hydroxyl groups excluding tert-OH is 2. The lowest BCUT2D eigenvalue weighted by Gasteiger charge is -2.65. The molecular formula is C25H37ClN5O4P. The van der Waals surface area contributed by atoms with Crippen molar-refractivity contribution in [2.75, 3.05) is 24.8 Å². The maximum atomic E-state index is 12.2. The van der Waals surface area contributed by atoms with Crippen molar-refractivity contribution in [2.24, 2.45) is 16.7 Å². The number of ether oxygens (including phenoxy) is 1. The van der Waals surface area contributed by atoms with Gasteiger partial charge in [-0.3, -0.25) is 4.57 Å². The lowest BCUT2D eigenvalue weighted by molar-refractivity contribution is -0.0973. The molecule has 0 aromatic carbocycles.